The lowest BCUT2D eigenvalue weighted by Gasteiger charge is -2.22. The van der Waals surface area contributed by atoms with Crippen LogP contribution in [0.5, 0.6) is 0 Å². The van der Waals surface area contributed by atoms with Crippen molar-refractivity contribution >= 4 is 57.5 Å². The number of hydrazine groups is 2. The molecular formula is C43H40F6N6O4. The second-order valence-electron chi connectivity index (χ2n) is 14.6. The topological polar surface area (TPSA) is 123 Å². The summed E-state index contributed by atoms with van der Waals surface area (Å²) in [7, 11) is 0. The highest BCUT2D eigenvalue weighted by atomic mass is 19.4. The van der Waals surface area contributed by atoms with Gasteiger partial charge < -0.3 is 10.9 Å². The molecule has 2 heterocycles. The second kappa shape index (κ2) is 15.6. The summed E-state index contributed by atoms with van der Waals surface area (Å²) >= 11 is 0. The maximum absolute atomic E-state index is 14.7. The lowest BCUT2D eigenvalue weighted by atomic mass is 9.91. The fourth-order valence-corrected chi connectivity index (χ4v) is 7.38. The Balaban J connectivity index is 1.55. The minimum absolute atomic E-state index is 0.000701. The number of carbonyl (C=O) groups is 4. The molecule has 0 saturated heterocycles. The van der Waals surface area contributed by atoms with Crippen LogP contribution in [-0.4, -0.2) is 23.6 Å². The molecule has 4 aromatic carbocycles. The largest absolute Gasteiger partial charge is 0.416 e. The average Bonchev–Trinajstić information content (AvgIpc) is 3.60. The molecule has 4 aromatic rings. The molecule has 0 aliphatic carbocycles. The molecule has 0 fully saturated rings. The fraction of sp³-hybridized carbons (Fsp3) is 0.256. The SMILES string of the molecule is CCC(=O)NN/C(C)=C1\C(=O)N(c2cc(C)cc(Cc3cc(C(F)(F)F)cc4c3/C(=C(\C)NNC(C)=O)C(=O)N4c3cc(C)cc(C)c3)c2)c2cc(C(F)(F)F)ccc21. The van der Waals surface area contributed by atoms with Crippen LogP contribution >= 0.6 is 0 Å². The van der Waals surface area contributed by atoms with Gasteiger partial charge in [-0.05, 0) is 117 Å². The molecule has 0 bridgehead atoms. The first kappa shape index (κ1) is 42.0. The molecule has 4 N–H and O–H groups in total. The lowest BCUT2D eigenvalue weighted by molar-refractivity contribution is -0.138. The third-order valence-corrected chi connectivity index (χ3v) is 9.81. The maximum Gasteiger partial charge on any atom is 0.416 e. The van der Waals surface area contributed by atoms with Crippen LogP contribution in [0.2, 0.25) is 0 Å². The summed E-state index contributed by atoms with van der Waals surface area (Å²) < 4.78 is 86.3. The van der Waals surface area contributed by atoms with Crippen molar-refractivity contribution in [3.05, 3.63) is 128 Å². The molecule has 308 valence electrons. The molecule has 0 atom stereocenters. The zero-order valence-corrected chi connectivity index (χ0v) is 33.1. The normalized spacial score (nSPS) is 15.5. The predicted octanol–water partition coefficient (Wildman–Crippen LogP) is 8.73. The van der Waals surface area contributed by atoms with Gasteiger partial charge in [0.25, 0.3) is 11.8 Å². The predicted molar refractivity (Wildman–Crippen MR) is 211 cm³/mol. The number of rotatable bonds is 9. The molecule has 59 heavy (non-hydrogen) atoms. The Morgan fingerprint density at radius 2 is 1.14 bits per heavy atom. The number of hydrogen-bond donors (Lipinski definition) is 4. The lowest BCUT2D eigenvalue weighted by Crippen LogP contribution is -2.36. The van der Waals surface area contributed by atoms with Gasteiger partial charge in [-0.15, -0.1) is 0 Å². The van der Waals surface area contributed by atoms with Crippen LogP contribution in [0.1, 0.15) is 84.2 Å². The first-order chi connectivity index (χ1) is 27.6. The van der Waals surface area contributed by atoms with Crippen molar-refractivity contribution in [2.24, 2.45) is 0 Å². The summed E-state index contributed by atoms with van der Waals surface area (Å²) in [5.41, 5.74) is 11.6. The Kier molecular flexibility index (Phi) is 11.1. The van der Waals surface area contributed by atoms with Gasteiger partial charge in [-0.25, -0.2) is 0 Å². The second-order valence-corrected chi connectivity index (χ2v) is 14.6. The van der Waals surface area contributed by atoms with Crippen molar-refractivity contribution in [2.45, 2.75) is 73.7 Å². The molecule has 2 aliphatic heterocycles. The summed E-state index contributed by atoms with van der Waals surface area (Å²) in [6.07, 6.45) is -9.72. The van der Waals surface area contributed by atoms with E-state index in [0.717, 1.165) is 40.3 Å². The molecule has 16 heteroatoms. The Morgan fingerprint density at radius 3 is 1.73 bits per heavy atom. The summed E-state index contributed by atoms with van der Waals surface area (Å²) in [6, 6.07) is 14.6. The number of anilines is 4. The minimum Gasteiger partial charge on any atom is -0.302 e. The van der Waals surface area contributed by atoms with E-state index in [9.17, 15) is 45.5 Å². The molecular weight excluding hydrogens is 778 g/mol. The number of carbonyl (C=O) groups excluding carboxylic acids is 4. The molecule has 0 unspecified atom stereocenters. The van der Waals surface area contributed by atoms with E-state index in [1.165, 1.54) is 37.8 Å². The van der Waals surface area contributed by atoms with E-state index < -0.39 is 47.1 Å². The first-order valence-corrected chi connectivity index (χ1v) is 18.4. The van der Waals surface area contributed by atoms with Gasteiger partial charge in [0.2, 0.25) is 11.8 Å². The number of halogens is 6. The van der Waals surface area contributed by atoms with Crippen LogP contribution in [-0.2, 0) is 38.0 Å². The highest BCUT2D eigenvalue weighted by molar-refractivity contribution is 6.36. The van der Waals surface area contributed by atoms with Gasteiger partial charge in [0.1, 0.15) is 0 Å². The van der Waals surface area contributed by atoms with Crippen LogP contribution in [0.3, 0.4) is 0 Å². The standard InChI is InChI=1S/C43H40F6N6O4/c1-8-36(57)53-51-24(5)37-33-10-9-29(42(44,45)46)19-34(33)54(40(37)58)32-15-23(4)12-27(17-32)16-28-18-30(43(47,48)49)20-35-39(28)38(25(6)50-52-26(7)56)41(59)55(35)31-13-21(2)11-22(3)14-31/h9-15,17-20,50-51H,8,16H2,1-7H3,(H,52,56)(H,53,57)/b37-24-,38-25-. The molecule has 4 amide bonds. The van der Waals surface area contributed by atoms with Crippen molar-refractivity contribution in [3.8, 4) is 0 Å². The average molecular weight is 819 g/mol. The Bertz CT molecular complexity index is 2480. The van der Waals surface area contributed by atoms with Gasteiger partial charge in [0, 0.05) is 47.2 Å². The molecule has 0 spiro atoms. The van der Waals surface area contributed by atoms with Crippen molar-refractivity contribution in [1.82, 2.24) is 21.7 Å². The third kappa shape index (κ3) is 8.38. The summed E-state index contributed by atoms with van der Waals surface area (Å²) in [5.74, 6) is -2.26. The number of nitrogens with one attached hydrogen (secondary N) is 4. The number of fused-ring (bicyclic) bond motifs is 2. The van der Waals surface area contributed by atoms with Crippen LogP contribution in [0.15, 0.2) is 78.1 Å². The van der Waals surface area contributed by atoms with Crippen molar-refractivity contribution in [3.63, 3.8) is 0 Å². The number of hydrogen-bond acceptors (Lipinski definition) is 6. The molecule has 0 radical (unpaired) electrons. The van der Waals surface area contributed by atoms with E-state index in [4.69, 9.17) is 0 Å². The monoisotopic (exact) mass is 818 g/mol. The number of alkyl halides is 6. The fourth-order valence-electron chi connectivity index (χ4n) is 7.38. The third-order valence-electron chi connectivity index (χ3n) is 9.81. The summed E-state index contributed by atoms with van der Waals surface area (Å²) in [5, 5.41) is 0. The van der Waals surface area contributed by atoms with Gasteiger partial charge in [0.15, 0.2) is 0 Å². The number of nitrogens with zero attached hydrogens (tertiary/aromatic N) is 2. The van der Waals surface area contributed by atoms with E-state index in [-0.39, 0.29) is 69.1 Å². The van der Waals surface area contributed by atoms with Crippen LogP contribution in [0.4, 0.5) is 49.1 Å². The van der Waals surface area contributed by atoms with Crippen LogP contribution < -0.4 is 31.5 Å². The Morgan fingerprint density at radius 1 is 0.610 bits per heavy atom. The van der Waals surface area contributed by atoms with Gasteiger partial charge in [0.05, 0.1) is 33.6 Å². The van der Waals surface area contributed by atoms with E-state index in [1.54, 1.807) is 52.0 Å². The molecule has 0 saturated carbocycles. The van der Waals surface area contributed by atoms with E-state index >= 15 is 0 Å². The van der Waals surface area contributed by atoms with Crippen LogP contribution in [0.25, 0.3) is 11.1 Å². The molecule has 0 aromatic heterocycles. The zero-order valence-electron chi connectivity index (χ0n) is 33.1. The molecule has 6 rings (SSSR count). The zero-order chi connectivity index (χ0) is 43.3. The van der Waals surface area contributed by atoms with Gasteiger partial charge in [-0.1, -0.05) is 25.1 Å². The van der Waals surface area contributed by atoms with E-state index in [0.29, 0.717) is 16.8 Å². The summed E-state index contributed by atoms with van der Waals surface area (Å²) in [6.45, 7) is 11.1. The number of benzene rings is 4. The van der Waals surface area contributed by atoms with E-state index in [1.807, 2.05) is 6.07 Å². The van der Waals surface area contributed by atoms with Gasteiger partial charge in [-0.2, -0.15) is 26.3 Å². The van der Waals surface area contributed by atoms with Crippen molar-refractivity contribution in [1.29, 1.82) is 0 Å². The number of amides is 4. The van der Waals surface area contributed by atoms with E-state index in [2.05, 4.69) is 21.7 Å². The quantitative estimate of drug-likeness (QED) is 0.0762. The Hall–Kier alpha value is -6.58. The van der Waals surface area contributed by atoms with Crippen molar-refractivity contribution in [2.75, 3.05) is 9.80 Å². The number of allylic oxidation sites excluding steroid dienone is 2. The molecule has 10 nitrogen and oxygen atoms in total. The smallest absolute Gasteiger partial charge is 0.302 e. The van der Waals surface area contributed by atoms with Gasteiger partial charge in [-0.3, -0.25) is 39.8 Å². The highest BCUT2D eigenvalue weighted by Gasteiger charge is 2.42. The van der Waals surface area contributed by atoms with Crippen molar-refractivity contribution < 1.29 is 45.5 Å². The maximum atomic E-state index is 14.7. The van der Waals surface area contributed by atoms with Gasteiger partial charge >= 0.3 is 12.4 Å². The number of aryl methyl sites for hydroxylation is 3. The van der Waals surface area contributed by atoms with Crippen LogP contribution in [0, 0.1) is 20.8 Å². The summed E-state index contributed by atoms with van der Waals surface area (Å²) in [4.78, 5) is 54.9. The first-order valence-electron chi connectivity index (χ1n) is 18.4. The molecule has 2 aliphatic rings. The minimum atomic E-state index is -4.85. The highest BCUT2D eigenvalue weighted by Crippen LogP contribution is 2.49. The Labute approximate surface area is 335 Å².